The summed E-state index contributed by atoms with van der Waals surface area (Å²) in [6, 6.07) is 14.7. The standard InChI is InChI=1S/C32H34N6O5S.C25H26BrFN4O2.C19H24BN3O3.C6H7BrINO.C6H8N2OS.C5H3BrINO/c1-18(39)43-16-22-21(20-11-24(29(40)36(4)15-20)35-31-34-23-6-10-42-17-27(23)44-31)5-7-33-28(22)38-9-8-37-25(30(38)41)12-19-13-32(2,3)14-26(19)37;1-5-15-16(14-10-18(26)23(32)29(4)13-14)6-7-28-22(15)31-9-8-30-19-12-25(2,3)11-17(19)20(27)21(30)24(31)33;1-4-13-14(20(25)26)5-6-21-17(13)23-8-7-22-15(18(23)24)9-12-10-19(2,3)11-16(12)22;1-9-3-4(8)2-5(7)6(9)10;7-6-8-4-1-2-9-3-5(4)10-6;6-4-1-3(7)2-8-5(4)9/h5,7,11-12,15H,6,8-10,13-14,16-17H2,1-4H3,(H,34,35);6-7,10,13H,5,8-9,11-12H2,1-4H3;5-6,9,25-26H,4,7-8,10-11H2,1-3H3;2-3,6,10H,1H3;1-3H2,(H2,7,8);1-2H,(H,8,9). The van der Waals surface area contributed by atoms with Gasteiger partial charge in [-0.3, -0.25) is 48.3 Å². The maximum Gasteiger partial charge on any atom is 0.488 e. The van der Waals surface area contributed by atoms with E-state index >= 15 is 4.39 Å². The Balaban J connectivity index is 0.000000133. The second-order valence-corrected chi connectivity index (χ2v) is 43.3. The summed E-state index contributed by atoms with van der Waals surface area (Å²) in [6.07, 6.45) is 21.5. The topological polar surface area (TPSA) is 364 Å². The van der Waals surface area contributed by atoms with Crippen LogP contribution in [0.15, 0.2) is 129 Å². The molecular formula is C93H102BBr3FI2N17O13S2. The van der Waals surface area contributed by atoms with Gasteiger partial charge in [0.2, 0.25) is 0 Å². The molecule has 1 atom stereocenters. The molecule has 9 aliphatic rings. The molecule has 6 aliphatic heterocycles. The predicted octanol–water partition coefficient (Wildman–Crippen LogP) is 14.1. The zero-order chi connectivity index (χ0) is 94.6. The van der Waals surface area contributed by atoms with Crippen LogP contribution in [0.3, 0.4) is 0 Å². The molecular weight excluding hydrogens is 2150 g/mol. The van der Waals surface area contributed by atoms with Crippen LogP contribution in [0, 0.1) is 25.6 Å². The van der Waals surface area contributed by atoms with Crippen molar-refractivity contribution in [1.82, 2.24) is 57.6 Å². The summed E-state index contributed by atoms with van der Waals surface area (Å²) in [4.78, 5) is 123. The largest absolute Gasteiger partial charge is 0.488 e. The SMILES string of the molecule is CC(=O)OCc1c(-c2cc(Nc3nc4c(s3)COCC4)c(=O)n(C)c2)ccnc1N1CCn2c(cc3c2CC(C)(C)C3)C1=O.CCc1c(-c2cc(Br)c(=O)n(C)c2)ccnc1N1CCn2c3c(c(F)c2C1=O)CC(C)(C)C3.CCc1c(B(O)O)ccnc1N1CCn2c(cc3c2CC(C)(C)C3)C1=O.CN1C=C(I)C=C(Br)C1O.Nc1nc2c(s1)COCC2.O=c1[nH]cc(I)cc1Br. The van der Waals surface area contributed by atoms with Crippen LogP contribution in [-0.2, 0) is 137 Å². The van der Waals surface area contributed by atoms with Crippen molar-refractivity contribution in [2.24, 2.45) is 30.3 Å². The molecule has 3 amide bonds. The lowest BCUT2D eigenvalue weighted by Crippen LogP contribution is -2.43. The van der Waals surface area contributed by atoms with Crippen LogP contribution in [0.4, 0.5) is 37.8 Å². The van der Waals surface area contributed by atoms with Crippen LogP contribution in [0.5, 0.6) is 0 Å². The van der Waals surface area contributed by atoms with Gasteiger partial charge in [0.1, 0.15) is 46.8 Å². The highest BCUT2D eigenvalue weighted by atomic mass is 127. The first-order valence-electron chi connectivity index (χ1n) is 43.3. The fraction of sp³-hybridized carbons (Fsp3) is 0.398. The first-order valence-corrected chi connectivity index (χ1v) is 49.5. The number of esters is 1. The fourth-order valence-electron chi connectivity index (χ4n) is 18.5. The number of carbonyl (C=O) groups is 4. The Labute approximate surface area is 823 Å². The molecule has 0 fully saturated rings. The molecule has 3 aliphatic carbocycles. The van der Waals surface area contributed by atoms with Gasteiger partial charge in [-0.1, -0.05) is 94.0 Å². The molecule has 0 saturated carbocycles. The lowest BCUT2D eigenvalue weighted by molar-refractivity contribution is -0.142. The smallest absolute Gasteiger partial charge is 0.461 e. The Morgan fingerprint density at radius 2 is 1.17 bits per heavy atom. The number of nitrogens with zero attached hydrogens (tertiary/aromatic N) is 14. The number of allylic oxidation sites excluding steroid dienone is 2. The third-order valence-electron chi connectivity index (χ3n) is 24.5. The molecule has 0 radical (unpaired) electrons. The number of halogens is 6. The Morgan fingerprint density at radius 1 is 0.652 bits per heavy atom. The van der Waals surface area contributed by atoms with Crippen molar-refractivity contribution >= 4 is 185 Å². The first-order chi connectivity index (χ1) is 62.7. The second-order valence-electron chi connectivity index (χ2n) is 36.0. The Hall–Kier alpha value is -9.15. The Bertz CT molecular complexity index is 6580. The molecule has 39 heteroatoms. The van der Waals surface area contributed by atoms with Crippen molar-refractivity contribution in [3.8, 4) is 22.3 Å². The van der Waals surface area contributed by atoms with E-state index < -0.39 is 19.3 Å². The average molecular weight is 2250 g/mol. The summed E-state index contributed by atoms with van der Waals surface area (Å²) in [7, 11) is 3.66. The average Bonchev–Trinajstić information content (AvgIpc) is 1.58. The van der Waals surface area contributed by atoms with Gasteiger partial charge in [0, 0.05) is 175 Å². The van der Waals surface area contributed by atoms with Crippen LogP contribution in [0.2, 0.25) is 0 Å². The number of carbonyl (C=O) groups excluding carboxylic acids is 4. The van der Waals surface area contributed by atoms with E-state index in [1.54, 1.807) is 88.9 Å². The van der Waals surface area contributed by atoms with Crippen LogP contribution in [0.1, 0.15) is 165 Å². The van der Waals surface area contributed by atoms with Crippen molar-refractivity contribution in [3.05, 3.63) is 244 Å². The number of ether oxygens (including phenoxy) is 3. The molecule has 694 valence electrons. The van der Waals surface area contributed by atoms with Crippen molar-refractivity contribution in [3.63, 3.8) is 0 Å². The van der Waals surface area contributed by atoms with E-state index in [1.165, 1.54) is 72.3 Å². The van der Waals surface area contributed by atoms with Crippen molar-refractivity contribution < 1.29 is 52.9 Å². The fourth-order valence-corrected chi connectivity index (χ4v) is 23.8. The highest BCUT2D eigenvalue weighted by molar-refractivity contribution is 14.1. The number of amides is 3. The maximum atomic E-state index is 15.4. The van der Waals surface area contributed by atoms with Gasteiger partial charge in [-0.25, -0.2) is 29.3 Å². The highest BCUT2D eigenvalue weighted by Crippen LogP contribution is 2.46. The van der Waals surface area contributed by atoms with E-state index in [0.717, 1.165) is 114 Å². The number of fused-ring (bicyclic) bond motifs is 11. The summed E-state index contributed by atoms with van der Waals surface area (Å²) in [5.41, 5.74) is 22.1. The molecule has 7 N–H and O–H groups in total. The molecule has 0 spiro atoms. The number of H-pyrrole nitrogens is 1. The maximum absolute atomic E-state index is 15.4. The summed E-state index contributed by atoms with van der Waals surface area (Å²) in [6.45, 7) is 24.5. The number of rotatable bonds is 12. The number of nitrogen functional groups attached to an aromatic ring is 1. The minimum Gasteiger partial charge on any atom is -0.461 e. The predicted molar refractivity (Wildman–Crippen MR) is 537 cm³/mol. The van der Waals surface area contributed by atoms with Gasteiger partial charge in [-0.15, -0.1) is 0 Å². The second kappa shape index (κ2) is 40.0. The number of hydrogen-bond donors (Lipinski definition) is 6. The minimum absolute atomic E-state index is 0.0169. The number of nitrogens with two attached hydrogens (primary N) is 1. The molecule has 0 aromatic carbocycles. The van der Waals surface area contributed by atoms with E-state index in [2.05, 4.69) is 179 Å². The molecule has 1 unspecified atom stereocenters. The quantitative estimate of drug-likeness (QED) is 0.0376. The van der Waals surface area contributed by atoms with Crippen LogP contribution in [0.25, 0.3) is 22.3 Å². The van der Waals surface area contributed by atoms with E-state index in [4.69, 9.17) is 19.9 Å². The molecule has 20 rings (SSSR count). The zero-order valence-electron chi connectivity index (χ0n) is 75.1. The Kier molecular flexibility index (Phi) is 29.5. The van der Waals surface area contributed by atoms with Crippen molar-refractivity contribution in [1.29, 1.82) is 0 Å². The number of aromatic amines is 1. The number of hydrogen-bond acceptors (Lipinski definition) is 23. The number of thiazole rings is 2. The zero-order valence-corrected chi connectivity index (χ0v) is 85.8. The van der Waals surface area contributed by atoms with Gasteiger partial charge in [0.15, 0.2) is 22.3 Å². The van der Waals surface area contributed by atoms with Gasteiger partial charge in [-0.05, 0) is 238 Å². The molecule has 30 nitrogen and oxygen atoms in total. The van der Waals surface area contributed by atoms with Crippen LogP contribution < -0.4 is 47.9 Å². The lowest BCUT2D eigenvalue weighted by atomic mass is 9.77. The summed E-state index contributed by atoms with van der Waals surface area (Å²) in [5.74, 6) is 0.189. The highest BCUT2D eigenvalue weighted by Gasteiger charge is 2.44. The van der Waals surface area contributed by atoms with Gasteiger partial charge >= 0.3 is 13.1 Å². The first kappa shape index (κ1) is 97.4. The molecule has 132 heavy (non-hydrogen) atoms. The van der Waals surface area contributed by atoms with Crippen LogP contribution >= 0.6 is 116 Å². The van der Waals surface area contributed by atoms with E-state index in [9.17, 15) is 48.7 Å². The Morgan fingerprint density at radius 3 is 1.70 bits per heavy atom. The third kappa shape index (κ3) is 20.7. The lowest BCUT2D eigenvalue weighted by Gasteiger charge is -2.31. The molecule has 0 bridgehead atoms. The molecule has 0 saturated heterocycles. The number of aryl methyl sites for hydroxylation is 2. The minimum atomic E-state index is -1.57. The molecule has 17 heterocycles. The number of nitrogens with one attached hydrogen (secondary N) is 2. The van der Waals surface area contributed by atoms with Gasteiger partial charge in [0.05, 0.1) is 56.5 Å². The van der Waals surface area contributed by atoms with Crippen molar-refractivity contribution in [2.75, 3.05) is 65.6 Å². The van der Waals surface area contributed by atoms with E-state index in [1.807, 2.05) is 62.0 Å². The number of aliphatic hydroxyl groups is 1. The molecule has 11 aromatic heterocycles. The number of pyridine rings is 6. The van der Waals surface area contributed by atoms with E-state index in [-0.39, 0.29) is 68.8 Å². The van der Waals surface area contributed by atoms with Crippen LogP contribution in [-0.4, -0.2) is 150 Å². The summed E-state index contributed by atoms with van der Waals surface area (Å²) >= 11 is 17.0. The van der Waals surface area contributed by atoms with Crippen molar-refractivity contribution in [2.45, 2.75) is 172 Å². The summed E-state index contributed by atoms with van der Waals surface area (Å²) < 4.78 is 44.9. The van der Waals surface area contributed by atoms with Gasteiger partial charge < -0.3 is 73.1 Å². The van der Waals surface area contributed by atoms with Gasteiger partial charge in [-0.2, -0.15) is 0 Å². The monoisotopic (exact) mass is 2250 g/mol. The van der Waals surface area contributed by atoms with E-state index in [0.29, 0.717) is 153 Å². The number of anilines is 6. The third-order valence-corrected chi connectivity index (χ3v) is 29.4. The number of aromatic nitrogens is 11. The molecule has 11 aromatic rings. The normalized spacial score (nSPS) is 17.2. The number of aliphatic hydroxyl groups excluding tert-OH is 1. The number of likely N-dealkylation sites (N-methyl/N-ethyl adjacent to an activating group) is 1. The summed E-state index contributed by atoms with van der Waals surface area (Å²) in [5, 5.41) is 33.1. The van der Waals surface area contributed by atoms with Gasteiger partial charge in [0.25, 0.3) is 34.4 Å².